The maximum absolute atomic E-state index is 12.8. The van der Waals surface area contributed by atoms with Crippen LogP contribution in [0, 0.1) is 18.8 Å². The molecular formula is C14H22FN4O13P3. The molecule has 198 valence electrons. The van der Waals surface area contributed by atoms with Gasteiger partial charge in [-0.1, -0.05) is 11.8 Å². The molecule has 35 heavy (non-hydrogen) atoms. The lowest BCUT2D eigenvalue weighted by atomic mass is 9.90. The van der Waals surface area contributed by atoms with Gasteiger partial charge in [-0.05, 0) is 19.9 Å². The van der Waals surface area contributed by atoms with Crippen LogP contribution in [0.3, 0.4) is 0 Å². The molecule has 1 aliphatic rings. The molecule has 7 atom stereocenters. The number of aryl methyl sites for hydroxylation is 1. The van der Waals surface area contributed by atoms with Gasteiger partial charge in [0.15, 0.2) is 11.8 Å². The van der Waals surface area contributed by atoms with E-state index in [-0.39, 0.29) is 11.5 Å². The fraction of sp³-hybridized carbons (Fsp3) is 0.571. The normalized spacial score (nSPS) is 29.0. The average Bonchev–Trinajstić information content (AvgIpc) is 2.88. The zero-order valence-corrected chi connectivity index (χ0v) is 20.5. The van der Waals surface area contributed by atoms with Crippen LogP contribution in [0.15, 0.2) is 10.9 Å². The Kier molecular flexibility index (Phi) is 8.86. The fourth-order valence-electron chi connectivity index (χ4n) is 3.20. The van der Waals surface area contributed by atoms with Gasteiger partial charge >= 0.3 is 29.2 Å². The Hall–Kier alpha value is -1.54. The number of aliphatic hydroxyl groups excluding tert-OH is 1. The summed E-state index contributed by atoms with van der Waals surface area (Å²) in [6.07, 6.45) is -7.02. The number of hydrogen-bond donors (Lipinski definition) is 7. The van der Waals surface area contributed by atoms with Crippen LogP contribution >= 0.6 is 23.5 Å². The molecule has 3 unspecified atom stereocenters. The Balaban J connectivity index is 2.39. The lowest BCUT2D eigenvalue weighted by Crippen LogP contribution is -2.56. The summed E-state index contributed by atoms with van der Waals surface area (Å²) < 4.78 is 65.5. The van der Waals surface area contributed by atoms with Crippen molar-refractivity contribution in [1.29, 1.82) is 0 Å². The maximum atomic E-state index is 12.8. The lowest BCUT2D eigenvalue weighted by Gasteiger charge is -2.29. The Morgan fingerprint density at radius 2 is 1.89 bits per heavy atom. The standard InChI is InChI=1S/C14H22FN4O13P3/c1-7-6-9(16)18-13(21)19(7)12-14(17,4-3-5-15)11(20)10(29-12)8(2)30-34(25,26)32-35(27,28)31-33(22,23)24/h6,8,10-12,20H,5,17H2,1-2H3,(H,25,26)(H,27,28)(H2,16,18,21)(H2,22,23,24)/t8-,10-,11+,12-,14?/m1/s1. The van der Waals surface area contributed by atoms with E-state index in [1.54, 1.807) is 0 Å². The second-order valence-corrected chi connectivity index (χ2v) is 11.5. The Labute approximate surface area is 196 Å². The molecule has 0 bridgehead atoms. The molecule has 0 spiro atoms. The summed E-state index contributed by atoms with van der Waals surface area (Å²) in [5, 5.41) is 10.8. The first kappa shape index (κ1) is 29.7. The van der Waals surface area contributed by atoms with Gasteiger partial charge in [-0.25, -0.2) is 22.9 Å². The fourth-order valence-corrected chi connectivity index (χ4v) is 6.40. The highest BCUT2D eigenvalue weighted by molar-refractivity contribution is 7.66. The SMILES string of the molecule is Cc1cc(N)nc(=O)n1[C@@H]1O[C@H]([C@@H](C)OP(=O)(O)OP(=O)(O)OP(=O)(O)O)[C@H](O)C1(N)C#CCF. The third-order valence-electron chi connectivity index (χ3n) is 4.45. The van der Waals surface area contributed by atoms with Gasteiger partial charge < -0.3 is 40.9 Å². The van der Waals surface area contributed by atoms with Gasteiger partial charge in [-0.2, -0.15) is 13.6 Å². The van der Waals surface area contributed by atoms with Crippen LogP contribution in [-0.2, 0) is 31.6 Å². The zero-order valence-electron chi connectivity index (χ0n) is 17.9. The minimum Gasteiger partial charge on any atom is -0.387 e. The van der Waals surface area contributed by atoms with E-state index in [1.807, 2.05) is 5.92 Å². The number of halogens is 1. The van der Waals surface area contributed by atoms with Crippen LogP contribution in [0.1, 0.15) is 18.8 Å². The van der Waals surface area contributed by atoms with Crippen LogP contribution in [0.5, 0.6) is 0 Å². The summed E-state index contributed by atoms with van der Waals surface area (Å²) >= 11 is 0. The van der Waals surface area contributed by atoms with Crippen LogP contribution in [0.25, 0.3) is 0 Å². The molecule has 1 aliphatic heterocycles. The second kappa shape index (κ2) is 10.4. The predicted molar refractivity (Wildman–Crippen MR) is 113 cm³/mol. The third kappa shape index (κ3) is 7.25. The van der Waals surface area contributed by atoms with E-state index in [4.69, 9.17) is 26.0 Å². The minimum atomic E-state index is -5.82. The van der Waals surface area contributed by atoms with E-state index in [2.05, 4.69) is 24.0 Å². The number of ether oxygens (including phenoxy) is 1. The molecule has 1 aromatic rings. The highest BCUT2D eigenvalue weighted by Crippen LogP contribution is 2.66. The monoisotopic (exact) mass is 566 g/mol. The van der Waals surface area contributed by atoms with Crippen molar-refractivity contribution in [3.63, 3.8) is 0 Å². The van der Waals surface area contributed by atoms with Crippen molar-refractivity contribution in [2.24, 2.45) is 5.73 Å². The van der Waals surface area contributed by atoms with E-state index in [0.717, 1.165) is 11.5 Å². The highest BCUT2D eigenvalue weighted by Gasteiger charge is 2.57. The number of phosphoric acid groups is 3. The van der Waals surface area contributed by atoms with E-state index in [0.29, 0.717) is 0 Å². The second-order valence-electron chi connectivity index (χ2n) is 7.14. The largest absolute Gasteiger partial charge is 0.490 e. The van der Waals surface area contributed by atoms with Crippen molar-refractivity contribution in [2.45, 2.75) is 43.9 Å². The Morgan fingerprint density at radius 1 is 1.29 bits per heavy atom. The van der Waals surface area contributed by atoms with E-state index < -0.39 is 65.9 Å². The van der Waals surface area contributed by atoms with Gasteiger partial charge in [0, 0.05) is 5.69 Å². The van der Waals surface area contributed by atoms with E-state index in [9.17, 15) is 37.8 Å². The number of aliphatic hydroxyl groups is 1. The van der Waals surface area contributed by atoms with Gasteiger partial charge in [-0.15, -0.1) is 0 Å². The van der Waals surface area contributed by atoms with Crippen molar-refractivity contribution >= 4 is 29.3 Å². The molecule has 1 saturated heterocycles. The van der Waals surface area contributed by atoms with Gasteiger partial charge in [0.1, 0.15) is 24.7 Å². The number of rotatable bonds is 8. The number of aromatic nitrogens is 2. The molecule has 2 heterocycles. The van der Waals surface area contributed by atoms with Crippen molar-refractivity contribution in [1.82, 2.24) is 9.55 Å². The number of anilines is 1. The first-order valence-electron chi connectivity index (χ1n) is 9.18. The van der Waals surface area contributed by atoms with E-state index in [1.165, 1.54) is 13.0 Å². The topological polar surface area (TPSA) is 276 Å². The summed E-state index contributed by atoms with van der Waals surface area (Å²) in [7, 11) is -17.1. The molecule has 9 N–H and O–H groups in total. The summed E-state index contributed by atoms with van der Waals surface area (Å²) in [4.78, 5) is 52.2. The Bertz CT molecular complexity index is 1230. The molecule has 1 aromatic heterocycles. The number of nitrogens with two attached hydrogens (primary N) is 2. The van der Waals surface area contributed by atoms with Gasteiger partial charge in [0.05, 0.1) is 6.10 Å². The Morgan fingerprint density at radius 3 is 2.40 bits per heavy atom. The number of hydrogen-bond acceptors (Lipinski definition) is 12. The van der Waals surface area contributed by atoms with Crippen LogP contribution in [0.4, 0.5) is 10.2 Å². The summed E-state index contributed by atoms with van der Waals surface area (Å²) in [6, 6.07) is 1.25. The van der Waals surface area contributed by atoms with Crippen LogP contribution in [-0.4, -0.2) is 64.8 Å². The molecule has 0 saturated carbocycles. The van der Waals surface area contributed by atoms with Crippen molar-refractivity contribution in [2.75, 3.05) is 12.4 Å². The number of nitrogens with zero attached hydrogens (tertiary/aromatic N) is 2. The third-order valence-corrected chi connectivity index (χ3v) is 8.37. The molecule has 0 aliphatic carbocycles. The quantitative estimate of drug-likeness (QED) is 0.144. The lowest BCUT2D eigenvalue weighted by molar-refractivity contribution is -0.0760. The molecule has 17 nitrogen and oxygen atoms in total. The smallest absolute Gasteiger partial charge is 0.387 e. The number of alkyl halides is 1. The summed E-state index contributed by atoms with van der Waals surface area (Å²) in [5.41, 5.74) is 8.61. The summed E-state index contributed by atoms with van der Waals surface area (Å²) in [5.74, 6) is 4.08. The van der Waals surface area contributed by atoms with Gasteiger partial charge in [0.25, 0.3) is 0 Å². The van der Waals surface area contributed by atoms with Crippen molar-refractivity contribution < 1.29 is 60.6 Å². The maximum Gasteiger partial charge on any atom is 0.490 e. The molecule has 0 aromatic carbocycles. The molecule has 1 fully saturated rings. The molecule has 0 radical (unpaired) electrons. The molecule has 0 amide bonds. The van der Waals surface area contributed by atoms with Gasteiger partial charge in [0.2, 0.25) is 0 Å². The van der Waals surface area contributed by atoms with Crippen LogP contribution < -0.4 is 17.2 Å². The predicted octanol–water partition coefficient (Wildman–Crippen LogP) is -1.21. The van der Waals surface area contributed by atoms with Crippen molar-refractivity contribution in [3.8, 4) is 11.8 Å². The minimum absolute atomic E-state index is 0.137. The number of nitrogen functional groups attached to an aromatic ring is 1. The molecule has 21 heteroatoms. The highest BCUT2D eigenvalue weighted by atomic mass is 31.3. The van der Waals surface area contributed by atoms with Crippen molar-refractivity contribution in [3.05, 3.63) is 22.2 Å². The first-order chi connectivity index (χ1) is 15.8. The molecule has 2 rings (SSSR count). The summed E-state index contributed by atoms with van der Waals surface area (Å²) in [6.45, 7) is 1.21. The average molecular weight is 566 g/mol. The van der Waals surface area contributed by atoms with Crippen LogP contribution in [0.2, 0.25) is 0 Å². The first-order valence-corrected chi connectivity index (χ1v) is 13.7. The zero-order chi connectivity index (χ0) is 27.0. The van der Waals surface area contributed by atoms with Gasteiger partial charge in [-0.3, -0.25) is 9.09 Å². The number of phosphoric ester groups is 1. The van der Waals surface area contributed by atoms with E-state index >= 15 is 0 Å². The molecular weight excluding hydrogens is 544 g/mol.